The van der Waals surface area contributed by atoms with Gasteiger partial charge >= 0.3 is 6.03 Å². The lowest BCUT2D eigenvalue weighted by atomic mass is 10.0. The number of urea groups is 1. The normalized spacial score (nSPS) is 16.6. The van der Waals surface area contributed by atoms with Gasteiger partial charge in [-0.05, 0) is 39.8 Å². The minimum absolute atomic E-state index is 0.121. The molecule has 3 N–H and O–H groups in total. The van der Waals surface area contributed by atoms with Crippen LogP contribution in [0.15, 0.2) is 18.2 Å². The number of nitrogens with zero attached hydrogens (tertiary/aromatic N) is 3. The van der Waals surface area contributed by atoms with Gasteiger partial charge < -0.3 is 16.0 Å². The van der Waals surface area contributed by atoms with Crippen LogP contribution in [0.4, 0.5) is 4.79 Å². The summed E-state index contributed by atoms with van der Waals surface area (Å²) < 4.78 is 1.76. The number of hydrogen-bond acceptors (Lipinski definition) is 3. The van der Waals surface area contributed by atoms with Crippen molar-refractivity contribution < 1.29 is 9.59 Å². The first kappa shape index (κ1) is 20.5. The minimum Gasteiger partial charge on any atom is -0.365 e. The molecule has 2 heterocycles. The molecule has 1 unspecified atom stereocenters. The molecule has 1 aliphatic rings. The van der Waals surface area contributed by atoms with E-state index in [4.69, 9.17) is 28.9 Å². The monoisotopic (exact) mass is 423 g/mol. The van der Waals surface area contributed by atoms with Crippen molar-refractivity contribution in [2.75, 3.05) is 6.54 Å². The van der Waals surface area contributed by atoms with Crippen LogP contribution in [0, 0.1) is 0 Å². The maximum atomic E-state index is 12.6. The summed E-state index contributed by atoms with van der Waals surface area (Å²) >= 11 is 12.1. The Labute approximate surface area is 173 Å². The summed E-state index contributed by atoms with van der Waals surface area (Å²) in [6.45, 7) is 8.39. The maximum absolute atomic E-state index is 12.6. The zero-order chi connectivity index (χ0) is 20.8. The summed E-state index contributed by atoms with van der Waals surface area (Å²) in [6.07, 6.45) is 0. The zero-order valence-corrected chi connectivity index (χ0v) is 17.7. The van der Waals surface area contributed by atoms with Crippen LogP contribution in [0.1, 0.15) is 49.8 Å². The number of rotatable bonds is 2. The number of carbonyl (C=O) groups excluding carboxylic acids is 2. The van der Waals surface area contributed by atoms with Crippen LogP contribution in [-0.2, 0) is 6.54 Å². The Morgan fingerprint density at radius 2 is 1.93 bits per heavy atom. The largest absolute Gasteiger partial charge is 0.365 e. The molecular formula is C19H23Cl2N5O2. The van der Waals surface area contributed by atoms with Crippen molar-refractivity contribution >= 4 is 35.1 Å². The SMILES string of the molecule is CC1CN(C(=O)NC(C)(C)C)Cc2c(C(N)=O)c(-c3ccc(Cl)c(Cl)c3)nn21. The quantitative estimate of drug-likeness (QED) is 0.767. The molecule has 0 spiro atoms. The van der Waals surface area contributed by atoms with Gasteiger partial charge in [-0.1, -0.05) is 29.3 Å². The van der Waals surface area contributed by atoms with Crippen molar-refractivity contribution in [2.24, 2.45) is 5.73 Å². The molecule has 7 nitrogen and oxygen atoms in total. The second-order valence-electron chi connectivity index (χ2n) is 8.02. The number of halogens is 2. The van der Waals surface area contributed by atoms with Crippen LogP contribution in [0.2, 0.25) is 10.0 Å². The molecule has 150 valence electrons. The molecule has 1 aromatic heterocycles. The summed E-state index contributed by atoms with van der Waals surface area (Å²) in [4.78, 5) is 26.6. The van der Waals surface area contributed by atoms with E-state index in [-0.39, 0.29) is 24.2 Å². The molecule has 0 fully saturated rings. The van der Waals surface area contributed by atoms with Crippen molar-refractivity contribution in [2.45, 2.75) is 45.8 Å². The van der Waals surface area contributed by atoms with Crippen molar-refractivity contribution in [3.05, 3.63) is 39.5 Å². The first-order valence-corrected chi connectivity index (χ1v) is 9.67. The van der Waals surface area contributed by atoms with Gasteiger partial charge in [0.15, 0.2) is 0 Å². The molecule has 28 heavy (non-hydrogen) atoms. The minimum atomic E-state index is -0.604. The van der Waals surface area contributed by atoms with Crippen molar-refractivity contribution in [3.63, 3.8) is 0 Å². The number of amides is 3. The van der Waals surface area contributed by atoms with Gasteiger partial charge in [0, 0.05) is 17.6 Å². The van der Waals surface area contributed by atoms with Crippen LogP contribution in [0.3, 0.4) is 0 Å². The molecule has 1 aliphatic heterocycles. The molecule has 9 heteroatoms. The topological polar surface area (TPSA) is 93.2 Å². The van der Waals surface area contributed by atoms with Crippen LogP contribution < -0.4 is 11.1 Å². The van der Waals surface area contributed by atoms with E-state index in [1.54, 1.807) is 27.8 Å². The summed E-state index contributed by atoms with van der Waals surface area (Å²) in [5.74, 6) is -0.604. The predicted octanol–water partition coefficient (Wildman–Crippen LogP) is 3.84. The Balaban J connectivity index is 2.05. The van der Waals surface area contributed by atoms with Crippen molar-refractivity contribution in [1.29, 1.82) is 0 Å². The number of fused-ring (bicyclic) bond motifs is 1. The third kappa shape index (κ3) is 3.95. The molecule has 2 aromatic rings. The molecule has 0 aliphatic carbocycles. The molecular weight excluding hydrogens is 401 g/mol. The van der Waals surface area contributed by atoms with E-state index in [1.165, 1.54) is 0 Å². The number of nitrogens with two attached hydrogens (primary N) is 1. The Morgan fingerprint density at radius 1 is 1.25 bits per heavy atom. The molecule has 1 atom stereocenters. The number of carbonyl (C=O) groups is 2. The van der Waals surface area contributed by atoms with Gasteiger partial charge in [0.25, 0.3) is 5.91 Å². The fraction of sp³-hybridized carbons (Fsp3) is 0.421. The van der Waals surface area contributed by atoms with Gasteiger partial charge in [-0.3, -0.25) is 9.48 Å². The lowest BCUT2D eigenvalue weighted by Gasteiger charge is -2.34. The predicted molar refractivity (Wildman–Crippen MR) is 110 cm³/mol. The number of nitrogens with one attached hydrogen (secondary N) is 1. The summed E-state index contributed by atoms with van der Waals surface area (Å²) in [5.41, 5.74) is 7.30. The highest BCUT2D eigenvalue weighted by Crippen LogP contribution is 2.34. The zero-order valence-electron chi connectivity index (χ0n) is 16.2. The van der Waals surface area contributed by atoms with Crippen molar-refractivity contribution in [1.82, 2.24) is 20.0 Å². The first-order chi connectivity index (χ1) is 13.0. The van der Waals surface area contributed by atoms with Crippen LogP contribution in [0.5, 0.6) is 0 Å². The van der Waals surface area contributed by atoms with Gasteiger partial charge in [0.2, 0.25) is 0 Å². The lowest BCUT2D eigenvalue weighted by molar-refractivity contribution is 0.0996. The highest BCUT2D eigenvalue weighted by Gasteiger charge is 2.33. The smallest absolute Gasteiger partial charge is 0.318 e. The molecule has 3 rings (SSSR count). The van der Waals surface area contributed by atoms with Gasteiger partial charge in [-0.2, -0.15) is 5.10 Å². The lowest BCUT2D eigenvalue weighted by Crippen LogP contribution is -2.51. The molecule has 1 aromatic carbocycles. The Kier molecular flexibility index (Phi) is 5.34. The third-order valence-corrected chi connectivity index (χ3v) is 5.20. The van der Waals surface area contributed by atoms with Crippen LogP contribution >= 0.6 is 23.2 Å². The Bertz CT molecular complexity index is 949. The number of benzene rings is 1. The second-order valence-corrected chi connectivity index (χ2v) is 8.83. The average Bonchev–Trinajstić information content (AvgIpc) is 2.96. The standard InChI is InChI=1S/C19H23Cl2N5O2/c1-10-8-25(18(28)23-19(2,3)4)9-14-15(17(22)27)16(24-26(10)14)11-5-6-12(20)13(21)7-11/h5-7,10H,8-9H2,1-4H3,(H2,22,27)(H,23,28). The van der Waals surface area contributed by atoms with Crippen molar-refractivity contribution in [3.8, 4) is 11.3 Å². The van der Waals surface area contributed by atoms with Gasteiger partial charge in [-0.15, -0.1) is 0 Å². The fourth-order valence-corrected chi connectivity index (χ4v) is 3.58. The maximum Gasteiger partial charge on any atom is 0.318 e. The average molecular weight is 424 g/mol. The van der Waals surface area contributed by atoms with Crippen LogP contribution in [0.25, 0.3) is 11.3 Å². The second kappa shape index (κ2) is 7.29. The third-order valence-electron chi connectivity index (χ3n) is 4.46. The summed E-state index contributed by atoms with van der Waals surface area (Å²) in [7, 11) is 0. The summed E-state index contributed by atoms with van der Waals surface area (Å²) in [5, 5.41) is 8.34. The Hall–Kier alpha value is -2.25. The van der Waals surface area contributed by atoms with E-state index in [2.05, 4.69) is 10.4 Å². The number of aromatic nitrogens is 2. The fourth-order valence-electron chi connectivity index (χ4n) is 3.29. The van der Waals surface area contributed by atoms with E-state index in [0.29, 0.717) is 39.1 Å². The Morgan fingerprint density at radius 3 is 2.50 bits per heavy atom. The molecule has 0 saturated heterocycles. The van der Waals surface area contributed by atoms with E-state index >= 15 is 0 Å². The molecule has 0 saturated carbocycles. The molecule has 0 bridgehead atoms. The molecule has 0 radical (unpaired) electrons. The van der Waals surface area contributed by atoms with Gasteiger partial charge in [0.05, 0.1) is 33.9 Å². The number of hydrogen-bond donors (Lipinski definition) is 2. The van der Waals surface area contributed by atoms with Gasteiger partial charge in [-0.25, -0.2) is 4.79 Å². The van der Waals surface area contributed by atoms with Crippen LogP contribution in [-0.4, -0.2) is 38.7 Å². The van der Waals surface area contributed by atoms with Gasteiger partial charge in [0.1, 0.15) is 5.69 Å². The summed E-state index contributed by atoms with van der Waals surface area (Å²) in [6, 6.07) is 4.72. The van der Waals surface area contributed by atoms with E-state index in [1.807, 2.05) is 27.7 Å². The molecule has 3 amide bonds. The number of primary amides is 1. The van der Waals surface area contributed by atoms with E-state index in [0.717, 1.165) is 0 Å². The first-order valence-electron chi connectivity index (χ1n) is 8.91. The van der Waals surface area contributed by atoms with E-state index < -0.39 is 5.91 Å². The highest BCUT2D eigenvalue weighted by molar-refractivity contribution is 6.42. The highest BCUT2D eigenvalue weighted by atomic mass is 35.5. The van der Waals surface area contributed by atoms with E-state index in [9.17, 15) is 9.59 Å².